The zero-order valence-electron chi connectivity index (χ0n) is 10.5. The molecule has 0 fully saturated rings. The van der Waals surface area contributed by atoms with E-state index in [1.807, 2.05) is 0 Å². The number of hydrogen-bond acceptors (Lipinski definition) is 2. The Morgan fingerprint density at radius 2 is 1.62 bits per heavy atom. The summed E-state index contributed by atoms with van der Waals surface area (Å²) in [6.45, 7) is 9.34. The van der Waals surface area contributed by atoms with E-state index in [0.29, 0.717) is 18.4 Å². The van der Waals surface area contributed by atoms with Gasteiger partial charge in [0.2, 0.25) is 0 Å². The lowest BCUT2D eigenvalue weighted by Gasteiger charge is -2.17. The predicted octanol–water partition coefficient (Wildman–Crippen LogP) is 4.19. The van der Waals surface area contributed by atoms with Gasteiger partial charge in [-0.05, 0) is 28.5 Å². The van der Waals surface area contributed by atoms with Crippen LogP contribution in [0.25, 0.3) is 0 Å². The van der Waals surface area contributed by atoms with Gasteiger partial charge in [-0.2, -0.15) is 0 Å². The first-order valence-corrected chi connectivity index (χ1v) is 5.77. The van der Waals surface area contributed by atoms with Crippen molar-refractivity contribution in [1.29, 1.82) is 5.41 Å². The summed E-state index contributed by atoms with van der Waals surface area (Å²) in [6, 6.07) is 8.55. The maximum atomic E-state index is 6.89. The first kappa shape index (κ1) is 12.7. The molecule has 0 spiro atoms. The zero-order valence-corrected chi connectivity index (χ0v) is 10.5. The van der Waals surface area contributed by atoms with Gasteiger partial charge in [-0.3, -0.25) is 0 Å². The molecule has 2 nitrogen and oxygen atoms in total. The first-order chi connectivity index (χ1) is 7.57. The number of hydrogen-bond donors (Lipinski definition) is 1. The van der Waals surface area contributed by atoms with Crippen LogP contribution in [-0.2, 0) is 6.54 Å². The van der Waals surface area contributed by atoms with Gasteiger partial charge in [0, 0.05) is 0 Å². The fourth-order valence-corrected chi connectivity index (χ4v) is 2.01. The van der Waals surface area contributed by atoms with Crippen molar-refractivity contribution in [3.63, 3.8) is 0 Å². The van der Waals surface area contributed by atoms with Gasteiger partial charge in [-0.1, -0.05) is 45.9 Å². The van der Waals surface area contributed by atoms with Gasteiger partial charge >= 0.3 is 0 Å². The van der Waals surface area contributed by atoms with Crippen molar-refractivity contribution in [2.45, 2.75) is 46.1 Å². The van der Waals surface area contributed by atoms with Crippen LogP contribution in [0.5, 0.6) is 0 Å². The fourth-order valence-electron chi connectivity index (χ4n) is 2.01. The summed E-state index contributed by atoms with van der Waals surface area (Å²) < 4.78 is 0. The van der Waals surface area contributed by atoms with Gasteiger partial charge < -0.3 is 0 Å². The van der Waals surface area contributed by atoms with Crippen LogP contribution in [0.15, 0.2) is 23.2 Å². The lowest BCUT2D eigenvalue weighted by Crippen LogP contribution is -2.02. The zero-order chi connectivity index (χ0) is 12.1. The first-order valence-electron chi connectivity index (χ1n) is 5.77. The molecule has 1 N–H and O–H groups in total. The number of rotatable bonds is 4. The van der Waals surface area contributed by atoms with E-state index in [1.165, 1.54) is 16.7 Å². The summed E-state index contributed by atoms with van der Waals surface area (Å²) in [4.78, 5) is 3.94. The molecule has 0 radical (unpaired) electrons. The molecule has 0 unspecified atom stereocenters. The third-order valence-corrected chi connectivity index (χ3v) is 2.81. The Balaban J connectivity index is 3.28. The monoisotopic (exact) mass is 216 g/mol. The topological polar surface area (TPSA) is 36.2 Å². The molecular weight excluding hydrogens is 196 g/mol. The predicted molar refractivity (Wildman–Crippen MR) is 68.5 cm³/mol. The van der Waals surface area contributed by atoms with Gasteiger partial charge in [-0.15, -0.1) is 0 Å². The Morgan fingerprint density at radius 3 is 2.00 bits per heavy atom. The van der Waals surface area contributed by atoms with E-state index < -0.39 is 0 Å². The highest BCUT2D eigenvalue weighted by Crippen LogP contribution is 2.28. The molecule has 0 bridgehead atoms. The highest BCUT2D eigenvalue weighted by atomic mass is 14.7. The van der Waals surface area contributed by atoms with Crippen molar-refractivity contribution >= 4 is 6.01 Å². The number of aliphatic imine (C=N–C) groups is 1. The van der Waals surface area contributed by atoms with Gasteiger partial charge in [0.15, 0.2) is 0 Å². The fraction of sp³-hybridized carbons (Fsp3) is 0.500. The number of nitrogens with one attached hydrogen (secondary N) is 1. The van der Waals surface area contributed by atoms with Crippen molar-refractivity contribution in [2.24, 2.45) is 4.99 Å². The molecule has 86 valence electrons. The van der Waals surface area contributed by atoms with E-state index in [9.17, 15) is 0 Å². The molecule has 0 aliphatic carbocycles. The van der Waals surface area contributed by atoms with Crippen LogP contribution in [0.4, 0.5) is 0 Å². The summed E-state index contributed by atoms with van der Waals surface area (Å²) in [6.07, 6.45) is 0. The third-order valence-electron chi connectivity index (χ3n) is 2.81. The molecule has 0 aliphatic heterocycles. The minimum absolute atomic E-state index is 0.495. The van der Waals surface area contributed by atoms with E-state index in [4.69, 9.17) is 5.41 Å². The molecule has 1 rings (SSSR count). The molecule has 0 aliphatic rings. The molecule has 0 saturated carbocycles. The van der Waals surface area contributed by atoms with Crippen molar-refractivity contribution in [3.05, 3.63) is 34.9 Å². The molecule has 1 aromatic carbocycles. The molecular formula is C14H20N2. The van der Waals surface area contributed by atoms with Crippen LogP contribution >= 0.6 is 0 Å². The van der Waals surface area contributed by atoms with E-state index in [0.717, 1.165) is 0 Å². The summed E-state index contributed by atoms with van der Waals surface area (Å²) >= 11 is 0. The second-order valence-electron chi connectivity index (χ2n) is 4.65. The maximum Gasteiger partial charge on any atom is 0.0865 e. The van der Waals surface area contributed by atoms with Crippen molar-refractivity contribution < 1.29 is 0 Å². The molecule has 1 aromatic rings. The highest BCUT2D eigenvalue weighted by molar-refractivity contribution is 5.41. The lowest BCUT2D eigenvalue weighted by atomic mass is 9.89. The molecule has 0 saturated heterocycles. The smallest absolute Gasteiger partial charge is 0.0865 e. The number of benzene rings is 1. The van der Waals surface area contributed by atoms with Crippen LogP contribution in [0.2, 0.25) is 0 Å². The Bertz CT molecular complexity index is 373. The minimum atomic E-state index is 0.495. The van der Waals surface area contributed by atoms with Crippen LogP contribution in [-0.4, -0.2) is 6.01 Å². The Hall–Kier alpha value is -1.40. The molecule has 0 aromatic heterocycles. The molecule has 2 heteroatoms. The van der Waals surface area contributed by atoms with Crippen LogP contribution in [0.3, 0.4) is 0 Å². The van der Waals surface area contributed by atoms with Gasteiger partial charge in [0.25, 0.3) is 0 Å². The summed E-state index contributed by atoms with van der Waals surface area (Å²) in [5.74, 6) is 0.990. The quantitative estimate of drug-likeness (QED) is 0.733. The van der Waals surface area contributed by atoms with Crippen LogP contribution < -0.4 is 0 Å². The normalized spacial score (nSPS) is 10.6. The van der Waals surface area contributed by atoms with Gasteiger partial charge in [0.05, 0.1) is 12.6 Å². The minimum Gasteiger partial charge on any atom is -0.242 e. The van der Waals surface area contributed by atoms with E-state index in [1.54, 1.807) is 0 Å². The Morgan fingerprint density at radius 1 is 1.12 bits per heavy atom. The number of nitrogens with zero attached hydrogens (tertiary/aromatic N) is 1. The second-order valence-corrected chi connectivity index (χ2v) is 4.65. The summed E-state index contributed by atoms with van der Waals surface area (Å²) in [5, 5.41) is 6.89. The van der Waals surface area contributed by atoms with Crippen LogP contribution in [0, 0.1) is 5.41 Å². The standard InChI is InChI=1S/C14H20N2/c1-10(2)12-6-5-7-13(11(3)4)14(12)8-16-9-15/h5-7,10-11,15H,8H2,1-4H3. The average Bonchev–Trinajstić information content (AvgIpc) is 2.25. The van der Waals surface area contributed by atoms with Crippen molar-refractivity contribution in [1.82, 2.24) is 0 Å². The summed E-state index contributed by atoms with van der Waals surface area (Å²) in [5.41, 5.74) is 3.95. The average molecular weight is 216 g/mol. The van der Waals surface area contributed by atoms with E-state index >= 15 is 0 Å². The third kappa shape index (κ3) is 2.80. The van der Waals surface area contributed by atoms with Gasteiger partial charge in [-0.25, -0.2) is 10.4 Å². The summed E-state index contributed by atoms with van der Waals surface area (Å²) in [7, 11) is 0. The SMILES string of the molecule is CC(C)c1cccc(C(C)C)c1CN=C=N. The van der Waals surface area contributed by atoms with E-state index in [2.05, 4.69) is 56.9 Å². The van der Waals surface area contributed by atoms with Crippen molar-refractivity contribution in [3.8, 4) is 0 Å². The second kappa shape index (κ2) is 5.62. The Kier molecular flexibility index (Phi) is 4.45. The lowest BCUT2D eigenvalue weighted by molar-refractivity contribution is 0.796. The van der Waals surface area contributed by atoms with Gasteiger partial charge in [0.1, 0.15) is 0 Å². The molecule has 0 heterocycles. The van der Waals surface area contributed by atoms with E-state index in [-0.39, 0.29) is 0 Å². The maximum absolute atomic E-state index is 6.89. The van der Waals surface area contributed by atoms with Crippen molar-refractivity contribution in [2.75, 3.05) is 0 Å². The molecule has 16 heavy (non-hydrogen) atoms. The largest absolute Gasteiger partial charge is 0.242 e. The highest BCUT2D eigenvalue weighted by Gasteiger charge is 2.12. The molecule has 0 amide bonds. The Labute approximate surface area is 97.9 Å². The van der Waals surface area contributed by atoms with Crippen LogP contribution in [0.1, 0.15) is 56.2 Å². The molecule has 0 atom stereocenters.